The maximum atomic E-state index is 5.18. The first-order valence-electron chi connectivity index (χ1n) is 4.53. The van der Waals surface area contributed by atoms with E-state index in [0.717, 1.165) is 30.8 Å². The van der Waals surface area contributed by atoms with Gasteiger partial charge in [-0.25, -0.2) is 0 Å². The van der Waals surface area contributed by atoms with E-state index in [1.54, 1.807) is 14.2 Å². The summed E-state index contributed by atoms with van der Waals surface area (Å²) in [6.45, 7) is 1.71. The maximum absolute atomic E-state index is 5.18. The van der Waals surface area contributed by atoms with Crippen LogP contribution in [0.1, 0.15) is 11.3 Å². The quantitative estimate of drug-likeness (QED) is 0.727. The average Bonchev–Trinajstić information content (AvgIpc) is 2.27. The Morgan fingerprint density at radius 1 is 1.21 bits per heavy atom. The van der Waals surface area contributed by atoms with E-state index in [0.29, 0.717) is 11.9 Å². The van der Waals surface area contributed by atoms with Gasteiger partial charge < -0.3 is 14.8 Å². The van der Waals surface area contributed by atoms with E-state index in [9.17, 15) is 0 Å². The zero-order valence-electron chi connectivity index (χ0n) is 8.33. The molecule has 14 heavy (non-hydrogen) atoms. The molecule has 0 saturated heterocycles. The lowest BCUT2D eigenvalue weighted by Gasteiger charge is -2.18. The van der Waals surface area contributed by atoms with Crippen LogP contribution < -0.4 is 14.8 Å². The molecule has 0 unspecified atom stereocenters. The Balaban J connectivity index is 2.47. The zero-order chi connectivity index (χ0) is 9.97. The van der Waals surface area contributed by atoms with Crippen LogP contribution in [-0.2, 0) is 13.0 Å². The molecule has 1 aromatic heterocycles. The predicted octanol–water partition coefficient (Wildman–Crippen LogP) is 0.139. The first-order valence-corrected chi connectivity index (χ1v) is 4.53. The first kappa shape index (κ1) is 9.21. The zero-order valence-corrected chi connectivity index (χ0v) is 8.33. The molecule has 1 aromatic rings. The molecule has 0 atom stereocenters. The van der Waals surface area contributed by atoms with Gasteiger partial charge in [-0.15, -0.1) is 0 Å². The van der Waals surface area contributed by atoms with Crippen LogP contribution in [0.5, 0.6) is 11.9 Å². The Morgan fingerprint density at radius 2 is 2.07 bits per heavy atom. The van der Waals surface area contributed by atoms with Crippen LogP contribution in [0.25, 0.3) is 0 Å². The number of hydrogen-bond acceptors (Lipinski definition) is 5. The molecule has 1 N–H and O–H groups in total. The number of fused-ring (bicyclic) bond motifs is 1. The lowest BCUT2D eigenvalue weighted by molar-refractivity contribution is 0.343. The van der Waals surface area contributed by atoms with Crippen molar-refractivity contribution in [3.05, 3.63) is 11.3 Å². The second kappa shape index (κ2) is 3.79. The van der Waals surface area contributed by atoms with Crippen LogP contribution in [0.4, 0.5) is 0 Å². The van der Waals surface area contributed by atoms with Crippen molar-refractivity contribution in [3.8, 4) is 11.9 Å². The second-order valence-corrected chi connectivity index (χ2v) is 3.07. The molecule has 0 aromatic carbocycles. The number of methoxy groups -OCH3 is 2. The number of ether oxygens (including phenoxy) is 2. The van der Waals surface area contributed by atoms with Crippen LogP contribution >= 0.6 is 0 Å². The maximum Gasteiger partial charge on any atom is 0.319 e. The Morgan fingerprint density at radius 3 is 2.79 bits per heavy atom. The SMILES string of the molecule is COc1nc2c(c(OC)n1)CNCC2. The fraction of sp³-hybridized carbons (Fsp3) is 0.556. The number of nitrogens with zero attached hydrogens (tertiary/aromatic N) is 2. The molecule has 5 nitrogen and oxygen atoms in total. The van der Waals surface area contributed by atoms with Crippen molar-refractivity contribution in [2.45, 2.75) is 13.0 Å². The summed E-state index contributed by atoms with van der Waals surface area (Å²) in [6.07, 6.45) is 0.893. The van der Waals surface area contributed by atoms with Gasteiger partial charge in [0.25, 0.3) is 0 Å². The molecule has 2 rings (SSSR count). The molecule has 0 amide bonds. The molecular weight excluding hydrogens is 182 g/mol. The molecule has 0 fully saturated rings. The molecular formula is C9H13N3O2. The van der Waals surface area contributed by atoms with Crippen molar-refractivity contribution in [1.29, 1.82) is 0 Å². The topological polar surface area (TPSA) is 56.3 Å². The van der Waals surface area contributed by atoms with Crippen molar-refractivity contribution in [3.63, 3.8) is 0 Å². The lowest BCUT2D eigenvalue weighted by Crippen LogP contribution is -2.25. The average molecular weight is 195 g/mol. The van der Waals surface area contributed by atoms with Crippen LogP contribution in [0.2, 0.25) is 0 Å². The molecule has 5 heteroatoms. The third-order valence-electron chi connectivity index (χ3n) is 2.25. The summed E-state index contributed by atoms with van der Waals surface area (Å²) < 4.78 is 10.2. The lowest BCUT2D eigenvalue weighted by atomic mass is 10.1. The predicted molar refractivity (Wildman–Crippen MR) is 50.5 cm³/mol. The third kappa shape index (κ3) is 1.50. The molecule has 76 valence electrons. The number of nitrogens with one attached hydrogen (secondary N) is 1. The van der Waals surface area contributed by atoms with E-state index in [1.807, 2.05) is 0 Å². The first-order chi connectivity index (χ1) is 6.85. The largest absolute Gasteiger partial charge is 0.481 e. The van der Waals surface area contributed by atoms with Gasteiger partial charge in [0.05, 0.1) is 19.9 Å². The monoisotopic (exact) mass is 195 g/mol. The molecule has 0 bridgehead atoms. The van der Waals surface area contributed by atoms with Crippen molar-refractivity contribution in [2.24, 2.45) is 0 Å². The fourth-order valence-corrected chi connectivity index (χ4v) is 1.55. The van der Waals surface area contributed by atoms with Crippen LogP contribution in [0.15, 0.2) is 0 Å². The molecule has 1 aliphatic heterocycles. The second-order valence-electron chi connectivity index (χ2n) is 3.07. The highest BCUT2D eigenvalue weighted by atomic mass is 16.5. The summed E-state index contributed by atoms with van der Waals surface area (Å²) >= 11 is 0. The summed E-state index contributed by atoms with van der Waals surface area (Å²) in [5, 5.41) is 3.25. The van der Waals surface area contributed by atoms with Crippen molar-refractivity contribution < 1.29 is 9.47 Å². The Labute approximate surface area is 82.5 Å². The van der Waals surface area contributed by atoms with E-state index in [1.165, 1.54) is 0 Å². The molecule has 1 aliphatic rings. The van der Waals surface area contributed by atoms with Crippen molar-refractivity contribution >= 4 is 0 Å². The molecule has 0 aliphatic carbocycles. The number of aromatic nitrogens is 2. The van der Waals surface area contributed by atoms with Gasteiger partial charge in [-0.1, -0.05) is 0 Å². The Hall–Kier alpha value is -1.36. The highest BCUT2D eigenvalue weighted by Crippen LogP contribution is 2.23. The summed E-state index contributed by atoms with van der Waals surface area (Å²) in [6, 6.07) is 0.377. The van der Waals surface area contributed by atoms with Gasteiger partial charge in [-0.05, 0) is 0 Å². The van der Waals surface area contributed by atoms with Crippen LogP contribution in [0.3, 0.4) is 0 Å². The van der Waals surface area contributed by atoms with Gasteiger partial charge in [-0.2, -0.15) is 9.97 Å². The number of rotatable bonds is 2. The summed E-state index contributed by atoms with van der Waals surface area (Å²) in [4.78, 5) is 8.41. The Kier molecular flexibility index (Phi) is 2.49. The fourth-order valence-electron chi connectivity index (χ4n) is 1.55. The van der Waals surface area contributed by atoms with Crippen LogP contribution in [-0.4, -0.2) is 30.7 Å². The van der Waals surface area contributed by atoms with Gasteiger partial charge in [0.15, 0.2) is 0 Å². The molecule has 0 spiro atoms. The standard InChI is InChI=1S/C9H13N3O2/c1-13-8-6-5-10-4-3-7(6)11-9(12-8)14-2/h10H,3-5H2,1-2H3. The van der Waals surface area contributed by atoms with Gasteiger partial charge in [0.2, 0.25) is 5.88 Å². The molecule has 0 saturated carbocycles. The van der Waals surface area contributed by atoms with E-state index in [-0.39, 0.29) is 0 Å². The van der Waals surface area contributed by atoms with Gasteiger partial charge in [0.1, 0.15) is 0 Å². The molecule has 2 heterocycles. The normalized spacial score (nSPS) is 14.7. The van der Waals surface area contributed by atoms with Crippen molar-refractivity contribution in [1.82, 2.24) is 15.3 Å². The molecule has 0 radical (unpaired) electrons. The minimum absolute atomic E-state index is 0.377. The minimum Gasteiger partial charge on any atom is -0.481 e. The van der Waals surface area contributed by atoms with E-state index >= 15 is 0 Å². The van der Waals surface area contributed by atoms with E-state index in [2.05, 4.69) is 15.3 Å². The van der Waals surface area contributed by atoms with Gasteiger partial charge in [-0.3, -0.25) is 0 Å². The smallest absolute Gasteiger partial charge is 0.319 e. The summed E-state index contributed by atoms with van der Waals surface area (Å²) in [5.74, 6) is 0.610. The summed E-state index contributed by atoms with van der Waals surface area (Å²) in [5.41, 5.74) is 2.06. The third-order valence-corrected chi connectivity index (χ3v) is 2.25. The van der Waals surface area contributed by atoms with E-state index in [4.69, 9.17) is 9.47 Å². The van der Waals surface area contributed by atoms with Crippen molar-refractivity contribution in [2.75, 3.05) is 20.8 Å². The highest BCUT2D eigenvalue weighted by Gasteiger charge is 2.18. The Bertz CT molecular complexity index is 324. The van der Waals surface area contributed by atoms with E-state index < -0.39 is 0 Å². The summed E-state index contributed by atoms with van der Waals surface area (Å²) in [7, 11) is 3.17. The number of hydrogen-bond donors (Lipinski definition) is 1. The van der Waals surface area contributed by atoms with Gasteiger partial charge in [0, 0.05) is 25.1 Å². The highest BCUT2D eigenvalue weighted by molar-refractivity contribution is 5.33. The van der Waals surface area contributed by atoms with Gasteiger partial charge >= 0.3 is 6.01 Å². The minimum atomic E-state index is 0.377. The van der Waals surface area contributed by atoms with Crippen LogP contribution in [0, 0.1) is 0 Å².